The summed E-state index contributed by atoms with van der Waals surface area (Å²) in [5.74, 6) is 0. The highest BCUT2D eigenvalue weighted by Gasteiger charge is 2.17. The number of benzene rings is 12. The van der Waals surface area contributed by atoms with Gasteiger partial charge in [0, 0.05) is 115 Å². The van der Waals surface area contributed by atoms with Crippen molar-refractivity contribution >= 4 is 129 Å². The molecule has 0 bridgehead atoms. The molecule has 10 nitrogen and oxygen atoms in total. The minimum atomic E-state index is 0.435. The van der Waals surface area contributed by atoms with Crippen LogP contribution >= 0.6 is 22.7 Å². The summed E-state index contributed by atoms with van der Waals surface area (Å²) in [6.07, 6.45) is 9.53. The monoisotopic (exact) mass is 1460 g/mol. The second kappa shape index (κ2) is 32.1. The number of rotatable bonds is 6. The molecule has 22 rings (SSSR count). The van der Waals surface area contributed by atoms with E-state index in [4.69, 9.17) is 24.3 Å². The van der Waals surface area contributed by atoms with E-state index in [1.165, 1.54) is 67.8 Å². The van der Waals surface area contributed by atoms with Gasteiger partial charge in [-0.05, 0) is 84.9 Å². The smallest absolute Gasteiger partial charge is 0.161 e. The minimum absolute atomic E-state index is 0.435. The Morgan fingerprint density at radius 3 is 1.27 bits per heavy atom. The van der Waals surface area contributed by atoms with Crippen LogP contribution in [0.25, 0.3) is 168 Å². The molecule has 0 saturated carbocycles. The first-order chi connectivity index (χ1) is 55.0. The molecule has 12 heteroatoms. The molecule has 0 unspecified atom stereocenters. The molecule has 0 atom stereocenters. The third-order valence-electron chi connectivity index (χ3n) is 19.2. The van der Waals surface area contributed by atoms with Crippen LogP contribution in [0.1, 0.15) is 11.1 Å². The predicted molar refractivity (Wildman–Crippen MR) is 459 cm³/mol. The van der Waals surface area contributed by atoms with Crippen molar-refractivity contribution in [2.45, 2.75) is 0 Å². The van der Waals surface area contributed by atoms with E-state index in [0.717, 1.165) is 100 Å². The minimum Gasteiger partial charge on any atom is -0.454 e. The van der Waals surface area contributed by atoms with Gasteiger partial charge in [-0.1, -0.05) is 273 Å². The second-order valence-corrected chi connectivity index (χ2v) is 28.1. The average molecular weight is 1460 g/mol. The molecular formula is C99H64N8O2S2. The van der Waals surface area contributed by atoms with E-state index in [1.54, 1.807) is 41.8 Å². The van der Waals surface area contributed by atoms with Gasteiger partial charge in [0.05, 0.1) is 66.7 Å². The Balaban J connectivity index is 0.0000000983. The molecular weight excluding hydrogens is 1400 g/mol. The lowest BCUT2D eigenvalue weighted by atomic mass is 10.1. The van der Waals surface area contributed by atoms with Gasteiger partial charge in [0.2, 0.25) is 0 Å². The summed E-state index contributed by atoms with van der Waals surface area (Å²) < 4.78 is 19.2. The Hall–Kier alpha value is -14.8. The number of thiophene rings is 2. The summed E-state index contributed by atoms with van der Waals surface area (Å²) in [6, 6.07) is 125. The number of nitrogens with zero attached hydrogens (tertiary/aromatic N) is 8. The van der Waals surface area contributed by atoms with Gasteiger partial charge in [-0.3, -0.25) is 24.9 Å². The fourth-order valence-electron chi connectivity index (χ4n) is 13.9. The van der Waals surface area contributed by atoms with Crippen molar-refractivity contribution in [3.05, 3.63) is 400 Å². The summed E-state index contributed by atoms with van der Waals surface area (Å²) in [5, 5.41) is 29.1. The Morgan fingerprint density at radius 1 is 0.270 bits per heavy atom. The summed E-state index contributed by atoms with van der Waals surface area (Å²) in [6.45, 7) is 0. The van der Waals surface area contributed by atoms with Crippen molar-refractivity contribution < 1.29 is 8.83 Å². The third-order valence-corrected chi connectivity index (χ3v) is 21.5. The molecule has 0 amide bonds. The average Bonchev–Trinajstić information content (AvgIpc) is 1.59. The van der Waals surface area contributed by atoms with Crippen molar-refractivity contribution in [1.29, 1.82) is 10.5 Å². The topological polar surface area (TPSA) is 143 Å². The van der Waals surface area contributed by atoms with Crippen LogP contribution in [-0.4, -0.2) is 29.5 Å². The van der Waals surface area contributed by atoms with Crippen LogP contribution in [0.5, 0.6) is 0 Å². The molecule has 0 fully saturated rings. The summed E-state index contributed by atoms with van der Waals surface area (Å²) in [7, 11) is 0. The first-order valence-corrected chi connectivity index (χ1v) is 37.8. The van der Waals surface area contributed by atoms with Gasteiger partial charge < -0.3 is 13.4 Å². The SMILES string of the molecule is N#Cc1ccccc1C#N.c1ccc(-c2cc3c(cn2)oc2ccccc23)cc1.c1ccc(-c2cc3c(cn2)sc2ccccc23)cc1.c1ccc(-c2cc3c4ccccc4n(-c4ccccc4)c3cn2)cc1.c1ccc(-c2nccc3c2oc2ccccc23)cc1.c1ccc(-c2nccc3c2sc2ccccc23)cc1. The number of fused-ring (bicyclic) bond motifs is 15. The van der Waals surface area contributed by atoms with Gasteiger partial charge in [0.1, 0.15) is 29.0 Å². The quantitative estimate of drug-likeness (QED) is 0.159. The maximum atomic E-state index is 8.45. The van der Waals surface area contributed by atoms with E-state index in [1.807, 2.05) is 164 Å². The number of hydrogen-bond acceptors (Lipinski definition) is 11. The Kier molecular flexibility index (Phi) is 20.0. The van der Waals surface area contributed by atoms with E-state index >= 15 is 0 Å². The normalized spacial score (nSPS) is 10.9. The largest absolute Gasteiger partial charge is 0.454 e. The van der Waals surface area contributed by atoms with Crippen LogP contribution < -0.4 is 0 Å². The Labute approximate surface area is 647 Å². The van der Waals surface area contributed by atoms with Crippen molar-refractivity contribution in [1.82, 2.24) is 29.5 Å². The molecule has 0 aliphatic carbocycles. The standard InChI is InChI=1S/C23H16N2.2C17H11NO.2C17H11NS.C8H4N2/c1-3-9-17(10-4-1)21-15-20-19-13-7-8-14-22(19)25(23(20)16-24-21)18-11-5-2-6-12-18;1-2-6-12(7-3-1)15-10-14-13-8-4-5-9-16(13)19-17(14)11-18-15;1-2-6-12(7-3-1)16-17-14(10-11-18-16)13-8-4-5-9-15(13)19-17;1-2-6-12(7-3-1)15-10-14-13-8-4-5-9-16(13)19-17(14)11-18-15;1-2-6-12(7-3-1)16-17-14(10-11-18-16)13-8-4-5-9-15(13)19-17;9-5-7-3-1-2-4-8(7)6-10/h1-16H;4*1-11H;1-4H. The van der Waals surface area contributed by atoms with Gasteiger partial charge in [-0.2, -0.15) is 10.5 Å². The van der Waals surface area contributed by atoms with E-state index < -0.39 is 0 Å². The highest BCUT2D eigenvalue weighted by molar-refractivity contribution is 7.26. The van der Waals surface area contributed by atoms with Gasteiger partial charge in [-0.25, -0.2) is 0 Å². The lowest BCUT2D eigenvalue weighted by Gasteiger charge is -2.07. The first kappa shape index (κ1) is 69.3. The van der Waals surface area contributed by atoms with Crippen LogP contribution in [0, 0.1) is 22.7 Å². The van der Waals surface area contributed by atoms with Crippen molar-refractivity contribution in [2.75, 3.05) is 0 Å². The lowest BCUT2D eigenvalue weighted by Crippen LogP contribution is -1.93. The molecule has 524 valence electrons. The third kappa shape index (κ3) is 14.6. The molecule has 10 aromatic heterocycles. The zero-order chi connectivity index (χ0) is 74.7. The molecule has 22 aromatic rings. The van der Waals surface area contributed by atoms with E-state index in [0.29, 0.717) is 11.1 Å². The highest BCUT2D eigenvalue weighted by Crippen LogP contribution is 2.41. The summed E-state index contributed by atoms with van der Waals surface area (Å²) in [4.78, 5) is 22.9. The highest BCUT2D eigenvalue weighted by atomic mass is 32.1. The number of nitriles is 2. The summed E-state index contributed by atoms with van der Waals surface area (Å²) in [5.41, 5.74) is 18.5. The van der Waals surface area contributed by atoms with Crippen LogP contribution in [-0.2, 0) is 0 Å². The van der Waals surface area contributed by atoms with Crippen LogP contribution in [0.2, 0.25) is 0 Å². The zero-order valence-corrected chi connectivity index (χ0v) is 61.3. The number of furan rings is 2. The molecule has 12 aromatic carbocycles. The van der Waals surface area contributed by atoms with Crippen molar-refractivity contribution in [2.24, 2.45) is 0 Å². The Bertz CT molecular complexity index is 6760. The van der Waals surface area contributed by atoms with Gasteiger partial charge in [-0.15, -0.1) is 22.7 Å². The molecule has 0 radical (unpaired) electrons. The van der Waals surface area contributed by atoms with Crippen LogP contribution in [0.4, 0.5) is 0 Å². The van der Waals surface area contributed by atoms with E-state index in [9.17, 15) is 0 Å². The van der Waals surface area contributed by atoms with E-state index in [2.05, 4.69) is 243 Å². The van der Waals surface area contributed by atoms with Gasteiger partial charge in [0.15, 0.2) is 11.2 Å². The van der Waals surface area contributed by atoms with Gasteiger partial charge >= 0.3 is 0 Å². The molecule has 10 heterocycles. The van der Waals surface area contributed by atoms with Crippen molar-refractivity contribution in [3.63, 3.8) is 0 Å². The number of para-hydroxylation sites is 4. The maximum Gasteiger partial charge on any atom is 0.161 e. The number of aromatic nitrogens is 6. The fourth-order valence-corrected chi connectivity index (χ4v) is 16.1. The van der Waals surface area contributed by atoms with E-state index in [-0.39, 0.29) is 0 Å². The van der Waals surface area contributed by atoms with Crippen LogP contribution in [0.3, 0.4) is 0 Å². The zero-order valence-electron chi connectivity index (χ0n) is 59.7. The molecule has 0 saturated heterocycles. The Morgan fingerprint density at radius 2 is 0.685 bits per heavy atom. The number of hydrogen-bond donors (Lipinski definition) is 0. The van der Waals surface area contributed by atoms with Crippen LogP contribution in [0.15, 0.2) is 398 Å². The molecule has 0 aliphatic heterocycles. The molecule has 0 aliphatic rings. The predicted octanol–water partition coefficient (Wildman–Crippen LogP) is 26.8. The van der Waals surface area contributed by atoms with Gasteiger partial charge in [0.25, 0.3) is 0 Å². The lowest BCUT2D eigenvalue weighted by molar-refractivity contribution is 0.667. The second-order valence-electron chi connectivity index (χ2n) is 26.0. The number of pyridine rings is 5. The summed E-state index contributed by atoms with van der Waals surface area (Å²) >= 11 is 3.62. The fraction of sp³-hybridized carbons (Fsp3) is 0. The first-order valence-electron chi connectivity index (χ1n) is 36.2. The molecule has 0 N–H and O–H groups in total. The molecule has 111 heavy (non-hydrogen) atoms. The molecule has 0 spiro atoms. The van der Waals surface area contributed by atoms with Crippen molar-refractivity contribution in [3.8, 4) is 74.1 Å². The maximum absolute atomic E-state index is 8.45.